The van der Waals surface area contributed by atoms with Crippen LogP contribution in [-0.4, -0.2) is 119 Å². The van der Waals surface area contributed by atoms with E-state index < -0.39 is 110 Å². The number of H-pyrrole nitrogens is 1. The van der Waals surface area contributed by atoms with Gasteiger partial charge in [0, 0.05) is 31.8 Å². The number of nitrogens with two attached hydrogens (primary N) is 1. The number of phosphoric acid groups is 1. The molecular weight excluding hydrogens is 823 g/mol. The minimum atomic E-state index is -4.85. The van der Waals surface area contributed by atoms with Crippen molar-refractivity contribution >= 4 is 55.2 Å². The first kappa shape index (κ1) is 52.2. The number of esters is 2. The lowest BCUT2D eigenvalue weighted by Crippen LogP contribution is -2.59. The number of aromatic amines is 1. The number of imidazole rings is 1. The normalized spacial score (nSPS) is 17.0. The van der Waals surface area contributed by atoms with Crippen molar-refractivity contribution in [3.8, 4) is 0 Å². The minimum Gasteiger partial charge on any atom is -0.437 e. The third-order valence-corrected chi connectivity index (χ3v) is 10.5. The largest absolute Gasteiger partial charge is 0.481 e. The van der Waals surface area contributed by atoms with Crippen molar-refractivity contribution in [2.75, 3.05) is 20.1 Å². The second kappa shape index (κ2) is 22.8. The number of hydrogen-bond donors (Lipinski definition) is 6. The summed E-state index contributed by atoms with van der Waals surface area (Å²) in [6, 6.07) is -6.27. The molecule has 6 atom stereocenters. The molecule has 0 aromatic carbocycles. The van der Waals surface area contributed by atoms with Gasteiger partial charge in [-0.15, -0.1) is 0 Å². The highest BCUT2D eigenvalue weighted by atomic mass is 31.2. The number of phosphoric ester groups is 1. The van der Waals surface area contributed by atoms with E-state index in [9.17, 15) is 42.9 Å². The van der Waals surface area contributed by atoms with Gasteiger partial charge in [0.25, 0.3) is 0 Å². The molecule has 22 nitrogen and oxygen atoms in total. The van der Waals surface area contributed by atoms with Crippen molar-refractivity contribution in [3.05, 3.63) is 18.2 Å². The quantitative estimate of drug-likeness (QED) is 0.0540. The van der Waals surface area contributed by atoms with E-state index in [0.717, 1.165) is 0 Å². The molecule has 61 heavy (non-hydrogen) atoms. The molecule has 1 aromatic rings. The summed E-state index contributed by atoms with van der Waals surface area (Å²) >= 11 is 0. The zero-order valence-corrected chi connectivity index (χ0v) is 37.7. The van der Waals surface area contributed by atoms with E-state index in [1.54, 1.807) is 41.5 Å². The number of carbonyl (C=O) groups excluding carboxylic acids is 8. The predicted octanol–water partition coefficient (Wildman–Crippen LogP) is 1.09. The van der Waals surface area contributed by atoms with Gasteiger partial charge in [-0.05, 0) is 80.6 Å². The topological polar surface area (TPSA) is 306 Å². The molecule has 23 heteroatoms. The molecule has 2 heterocycles. The minimum absolute atomic E-state index is 0.0688. The molecule has 0 bridgehead atoms. The van der Waals surface area contributed by atoms with Crippen molar-refractivity contribution in [1.29, 1.82) is 0 Å². The van der Waals surface area contributed by atoms with E-state index in [1.165, 1.54) is 38.2 Å². The number of nitrogens with one attached hydrogen (secondary N) is 5. The van der Waals surface area contributed by atoms with Gasteiger partial charge < -0.3 is 46.4 Å². The molecule has 0 radical (unpaired) electrons. The first-order valence-corrected chi connectivity index (χ1v) is 21.3. The van der Waals surface area contributed by atoms with Gasteiger partial charge in [0.15, 0.2) is 0 Å². The Kier molecular flexibility index (Phi) is 19.5. The number of aromatic nitrogens is 2. The second-order valence-electron chi connectivity index (χ2n) is 17.1. The van der Waals surface area contributed by atoms with Crippen LogP contribution in [0.1, 0.15) is 101 Å². The van der Waals surface area contributed by atoms with Crippen LogP contribution in [0, 0.1) is 16.7 Å². The molecule has 2 rings (SSSR count). The van der Waals surface area contributed by atoms with Crippen LogP contribution in [0.5, 0.6) is 0 Å². The SMILES string of the molecule is CC(=O)N1CCC[C@H]1C(=O)N[C@@H](CC(C)C)C(=O)N[C@@H](Cc1cnc[nH]1)C(=O)N[C@@H](C)C(=O)N[C@H](C(N)=O)[C@@H](C)OP(=O)(OCOC(=O)C(C)(C)C)OCOC(=O)C(C)(C)C. The zero-order valence-electron chi connectivity index (χ0n) is 36.8. The van der Waals surface area contributed by atoms with E-state index in [2.05, 4.69) is 31.2 Å². The van der Waals surface area contributed by atoms with Gasteiger partial charge in [0.1, 0.15) is 30.2 Å². The summed E-state index contributed by atoms with van der Waals surface area (Å²) in [7, 11) is -4.85. The summed E-state index contributed by atoms with van der Waals surface area (Å²) in [5.74, 6) is -5.98. The maximum atomic E-state index is 13.8. The molecule has 344 valence electrons. The van der Waals surface area contributed by atoms with Gasteiger partial charge in [-0.25, -0.2) is 18.6 Å². The molecule has 6 amide bonds. The number of hydrogen-bond acceptors (Lipinski definition) is 15. The van der Waals surface area contributed by atoms with Gasteiger partial charge in [0.2, 0.25) is 49.0 Å². The summed E-state index contributed by atoms with van der Waals surface area (Å²) in [6.07, 6.45) is 2.36. The van der Waals surface area contributed by atoms with Crippen LogP contribution in [0.15, 0.2) is 12.5 Å². The maximum absolute atomic E-state index is 13.8. The summed E-state index contributed by atoms with van der Waals surface area (Å²) in [5.41, 5.74) is 4.09. The van der Waals surface area contributed by atoms with E-state index in [4.69, 9.17) is 28.8 Å². The van der Waals surface area contributed by atoms with Crippen molar-refractivity contribution in [1.82, 2.24) is 36.1 Å². The molecule has 1 saturated heterocycles. The third kappa shape index (κ3) is 17.2. The molecule has 0 saturated carbocycles. The standard InChI is InChI=1S/C38H63N8O14P/c1-21(2)15-26(44-34(52)28-13-12-14-46(28)24(5)47)33(51)43-27(16-25-17-40-18-41-25)32(50)42-22(3)31(49)45-29(30(39)48)23(4)60-61(55,58-19-56-35(53)37(6,7)8)59-20-57-36(54)38(9,10)11/h17-18,21-23,26-29H,12-16,19-20H2,1-11H3,(H2,39,48)(H,40,41)(H,42,50)(H,43,51)(H,44,52)(H,45,49)/t22-,23+,26-,27-,28-,29-/m0/s1. The zero-order chi connectivity index (χ0) is 46.5. The Morgan fingerprint density at radius 3 is 1.89 bits per heavy atom. The summed E-state index contributed by atoms with van der Waals surface area (Å²) in [5, 5.41) is 10.2. The fraction of sp³-hybridized carbons (Fsp3) is 0.711. The first-order chi connectivity index (χ1) is 28.1. The predicted molar refractivity (Wildman–Crippen MR) is 216 cm³/mol. The van der Waals surface area contributed by atoms with Gasteiger partial charge in [0.05, 0.1) is 23.3 Å². The van der Waals surface area contributed by atoms with Gasteiger partial charge in [-0.3, -0.25) is 42.9 Å². The average molecular weight is 887 g/mol. The lowest BCUT2D eigenvalue weighted by atomic mass is 9.98. The van der Waals surface area contributed by atoms with Crippen molar-refractivity contribution in [2.45, 2.75) is 138 Å². The fourth-order valence-electron chi connectivity index (χ4n) is 5.65. The van der Waals surface area contributed by atoms with E-state index in [0.29, 0.717) is 25.1 Å². The highest BCUT2D eigenvalue weighted by Gasteiger charge is 2.39. The van der Waals surface area contributed by atoms with E-state index in [-0.39, 0.29) is 24.7 Å². The molecule has 0 spiro atoms. The number of nitrogens with zero attached hydrogens (tertiary/aromatic N) is 2. The van der Waals surface area contributed by atoms with Gasteiger partial charge >= 0.3 is 19.8 Å². The van der Waals surface area contributed by atoms with Crippen LogP contribution in [0.3, 0.4) is 0 Å². The number of ether oxygens (including phenoxy) is 2. The lowest BCUT2D eigenvalue weighted by Gasteiger charge is -2.28. The van der Waals surface area contributed by atoms with Crippen LogP contribution in [0.2, 0.25) is 0 Å². The average Bonchev–Trinajstić information content (AvgIpc) is 3.85. The summed E-state index contributed by atoms with van der Waals surface area (Å²) < 4.78 is 39.4. The smallest absolute Gasteiger partial charge is 0.437 e. The highest BCUT2D eigenvalue weighted by Crippen LogP contribution is 2.51. The Labute approximate surface area is 355 Å². The Morgan fingerprint density at radius 1 is 0.852 bits per heavy atom. The van der Waals surface area contributed by atoms with Crippen molar-refractivity contribution < 1.29 is 66.0 Å². The molecule has 1 aliphatic rings. The van der Waals surface area contributed by atoms with Crippen LogP contribution < -0.4 is 27.0 Å². The van der Waals surface area contributed by atoms with E-state index >= 15 is 0 Å². The number of amides is 6. The number of rotatable bonds is 22. The Balaban J connectivity index is 2.23. The second-order valence-corrected chi connectivity index (χ2v) is 18.8. The molecule has 1 fully saturated rings. The van der Waals surface area contributed by atoms with E-state index in [1.807, 2.05) is 13.8 Å². The molecule has 7 N–H and O–H groups in total. The van der Waals surface area contributed by atoms with Gasteiger partial charge in [-0.1, -0.05) is 13.8 Å². The molecular formula is C38H63N8O14P. The number of likely N-dealkylation sites (tertiary alicyclic amines) is 1. The summed E-state index contributed by atoms with van der Waals surface area (Å²) in [4.78, 5) is 112. The molecule has 0 unspecified atom stereocenters. The molecule has 0 aliphatic carbocycles. The number of primary amides is 1. The molecule has 1 aliphatic heterocycles. The number of carbonyl (C=O) groups is 8. The van der Waals surface area contributed by atoms with Crippen molar-refractivity contribution in [3.63, 3.8) is 0 Å². The Hall–Kier alpha value is -4.92. The Morgan fingerprint density at radius 2 is 1.41 bits per heavy atom. The Bertz CT molecular complexity index is 1720. The highest BCUT2D eigenvalue weighted by molar-refractivity contribution is 7.48. The van der Waals surface area contributed by atoms with Crippen LogP contribution in [-0.2, 0) is 72.4 Å². The first-order valence-electron chi connectivity index (χ1n) is 19.8. The van der Waals surface area contributed by atoms with Crippen molar-refractivity contribution in [2.24, 2.45) is 22.5 Å². The monoisotopic (exact) mass is 886 g/mol. The third-order valence-electron chi connectivity index (χ3n) is 9.06. The lowest BCUT2D eigenvalue weighted by molar-refractivity contribution is -0.164. The fourth-order valence-corrected chi connectivity index (χ4v) is 6.74. The van der Waals surface area contributed by atoms with Crippen LogP contribution in [0.4, 0.5) is 0 Å². The summed E-state index contributed by atoms with van der Waals surface area (Å²) in [6.45, 7) is 15.4. The van der Waals surface area contributed by atoms with Gasteiger partial charge in [-0.2, -0.15) is 0 Å². The van der Waals surface area contributed by atoms with Crippen LogP contribution in [0.25, 0.3) is 0 Å². The molecule has 1 aromatic heterocycles. The van der Waals surface area contributed by atoms with Crippen LogP contribution >= 0.6 is 7.82 Å². The maximum Gasteiger partial charge on any atom is 0.481 e.